The molecule has 22 heavy (non-hydrogen) atoms. The highest BCUT2D eigenvalue weighted by molar-refractivity contribution is 6.14. The van der Waals surface area contributed by atoms with Crippen molar-refractivity contribution in [3.8, 4) is 0 Å². The van der Waals surface area contributed by atoms with E-state index in [0.717, 1.165) is 6.08 Å². The van der Waals surface area contributed by atoms with Crippen molar-refractivity contribution in [2.45, 2.75) is 13.8 Å². The summed E-state index contributed by atoms with van der Waals surface area (Å²) in [6.07, 6.45) is 4.14. The van der Waals surface area contributed by atoms with Crippen molar-refractivity contribution >= 4 is 17.9 Å². The van der Waals surface area contributed by atoms with Crippen LogP contribution in [0.4, 0.5) is 0 Å². The van der Waals surface area contributed by atoms with Crippen molar-refractivity contribution in [1.82, 2.24) is 4.90 Å². The fourth-order valence-corrected chi connectivity index (χ4v) is 1.61. The molecule has 1 rings (SSSR count). The van der Waals surface area contributed by atoms with Gasteiger partial charge in [-0.25, -0.2) is 14.4 Å². The molecule has 0 saturated heterocycles. The molecule has 0 bridgehead atoms. The van der Waals surface area contributed by atoms with Crippen LogP contribution in [0, 0.1) is 0 Å². The standard InChI is InChI=1S/C15H19NO6/c1-5-20-14(18)12(15(19)21-6-2)8-11-7-10(9-16(3)4)13(17)22-11/h7-9H,5-6H2,1-4H3/b10-9+. The largest absolute Gasteiger partial charge is 0.462 e. The van der Waals surface area contributed by atoms with E-state index in [1.54, 1.807) is 39.0 Å². The van der Waals surface area contributed by atoms with Crippen molar-refractivity contribution < 1.29 is 28.6 Å². The molecule has 0 radical (unpaired) electrons. The number of allylic oxidation sites excluding steroid dienone is 1. The summed E-state index contributed by atoms with van der Waals surface area (Å²) >= 11 is 0. The number of rotatable bonds is 6. The molecule has 0 aromatic rings. The molecule has 0 fully saturated rings. The average molecular weight is 309 g/mol. The van der Waals surface area contributed by atoms with Crippen molar-refractivity contribution in [2.75, 3.05) is 27.3 Å². The van der Waals surface area contributed by atoms with Gasteiger partial charge in [0.05, 0.1) is 18.8 Å². The van der Waals surface area contributed by atoms with Gasteiger partial charge < -0.3 is 19.1 Å². The minimum atomic E-state index is -0.831. The lowest BCUT2D eigenvalue weighted by Gasteiger charge is -2.06. The first-order chi connectivity index (χ1) is 10.4. The molecule has 0 aromatic carbocycles. The van der Waals surface area contributed by atoms with Crippen molar-refractivity contribution in [2.24, 2.45) is 0 Å². The van der Waals surface area contributed by atoms with Gasteiger partial charge in [0.25, 0.3) is 0 Å². The number of ether oxygens (including phenoxy) is 3. The topological polar surface area (TPSA) is 82.1 Å². The Morgan fingerprint density at radius 1 is 1.18 bits per heavy atom. The molecule has 1 aliphatic rings. The number of carbonyl (C=O) groups excluding carboxylic acids is 3. The van der Waals surface area contributed by atoms with Gasteiger partial charge >= 0.3 is 17.9 Å². The molecular weight excluding hydrogens is 290 g/mol. The average Bonchev–Trinajstić information content (AvgIpc) is 2.76. The van der Waals surface area contributed by atoms with Gasteiger partial charge in [0, 0.05) is 26.4 Å². The Hall–Kier alpha value is -2.57. The summed E-state index contributed by atoms with van der Waals surface area (Å²) in [7, 11) is 3.51. The zero-order valence-corrected chi connectivity index (χ0v) is 13.0. The van der Waals surface area contributed by atoms with Crippen LogP contribution in [0.1, 0.15) is 13.8 Å². The maximum Gasteiger partial charge on any atom is 0.345 e. The van der Waals surface area contributed by atoms with Crippen LogP contribution in [0.3, 0.4) is 0 Å². The second kappa shape index (κ2) is 8.02. The number of hydrogen-bond donors (Lipinski definition) is 0. The number of nitrogens with zero attached hydrogens (tertiary/aromatic N) is 1. The Balaban J connectivity index is 3.09. The molecule has 120 valence electrons. The minimum absolute atomic E-state index is 0.0780. The first-order valence-electron chi connectivity index (χ1n) is 6.77. The van der Waals surface area contributed by atoms with Gasteiger partial charge in [-0.2, -0.15) is 0 Å². The maximum absolute atomic E-state index is 11.8. The molecule has 7 heteroatoms. The Morgan fingerprint density at radius 3 is 2.18 bits per heavy atom. The number of hydrogen-bond acceptors (Lipinski definition) is 7. The molecule has 1 aliphatic heterocycles. The molecule has 1 heterocycles. The highest BCUT2D eigenvalue weighted by Crippen LogP contribution is 2.20. The van der Waals surface area contributed by atoms with Crippen LogP contribution in [0.2, 0.25) is 0 Å². The van der Waals surface area contributed by atoms with E-state index < -0.39 is 17.9 Å². The van der Waals surface area contributed by atoms with E-state index in [0.29, 0.717) is 5.57 Å². The van der Waals surface area contributed by atoms with E-state index in [2.05, 4.69) is 0 Å². The summed E-state index contributed by atoms with van der Waals surface area (Å²) in [6.45, 7) is 3.46. The maximum atomic E-state index is 11.8. The van der Waals surface area contributed by atoms with Gasteiger partial charge in [-0.1, -0.05) is 0 Å². The molecule has 0 saturated carbocycles. The molecule has 0 aliphatic carbocycles. The zero-order valence-electron chi connectivity index (χ0n) is 13.0. The van der Waals surface area contributed by atoms with Crippen molar-refractivity contribution in [1.29, 1.82) is 0 Å². The van der Waals surface area contributed by atoms with E-state index in [9.17, 15) is 14.4 Å². The molecule has 0 N–H and O–H groups in total. The van der Waals surface area contributed by atoms with Crippen molar-refractivity contribution in [3.63, 3.8) is 0 Å². The predicted molar refractivity (Wildman–Crippen MR) is 77.3 cm³/mol. The fraction of sp³-hybridized carbons (Fsp3) is 0.400. The lowest BCUT2D eigenvalue weighted by Crippen LogP contribution is -2.18. The van der Waals surface area contributed by atoms with E-state index in [-0.39, 0.29) is 24.5 Å². The SMILES string of the molecule is CCOC(=O)C(=CC1=C/C(=C\N(C)C)C(=O)O1)C(=O)OCC. The van der Waals surface area contributed by atoms with Gasteiger partial charge in [-0.3, -0.25) is 0 Å². The quantitative estimate of drug-likeness (QED) is 0.237. The Kier molecular flexibility index (Phi) is 6.37. The predicted octanol–water partition coefficient (Wildman–Crippen LogP) is 0.925. The van der Waals surface area contributed by atoms with Crippen molar-refractivity contribution in [3.05, 3.63) is 35.3 Å². The molecule has 7 nitrogen and oxygen atoms in total. The lowest BCUT2D eigenvalue weighted by atomic mass is 10.2. The van der Waals surface area contributed by atoms with Gasteiger partial charge in [0.15, 0.2) is 0 Å². The van der Waals surface area contributed by atoms with Gasteiger partial charge in [-0.05, 0) is 19.9 Å². The van der Waals surface area contributed by atoms with Gasteiger partial charge in [0.1, 0.15) is 11.3 Å². The summed E-state index contributed by atoms with van der Waals surface area (Å²) in [5.74, 6) is -2.15. The molecule has 0 unspecified atom stereocenters. The normalized spacial score (nSPS) is 15.0. The molecule has 0 aromatic heterocycles. The van der Waals surface area contributed by atoms with E-state index in [4.69, 9.17) is 14.2 Å². The van der Waals surface area contributed by atoms with Crippen LogP contribution in [-0.2, 0) is 28.6 Å². The summed E-state index contributed by atoms with van der Waals surface area (Å²) < 4.78 is 14.6. The van der Waals surface area contributed by atoms with Gasteiger partial charge in [0.2, 0.25) is 0 Å². The highest BCUT2D eigenvalue weighted by Gasteiger charge is 2.25. The molecule has 0 amide bonds. The van der Waals surface area contributed by atoms with E-state index >= 15 is 0 Å². The summed E-state index contributed by atoms with van der Waals surface area (Å²) in [5, 5.41) is 0. The second-order valence-corrected chi connectivity index (χ2v) is 4.48. The first-order valence-corrected chi connectivity index (χ1v) is 6.77. The van der Waals surface area contributed by atoms with Gasteiger partial charge in [-0.15, -0.1) is 0 Å². The molecule has 0 atom stereocenters. The minimum Gasteiger partial charge on any atom is -0.462 e. The smallest absolute Gasteiger partial charge is 0.345 e. The van der Waals surface area contributed by atoms with E-state index in [1.165, 1.54) is 6.08 Å². The number of cyclic esters (lactones) is 1. The monoisotopic (exact) mass is 309 g/mol. The van der Waals surface area contributed by atoms with Crippen LogP contribution < -0.4 is 0 Å². The fourth-order valence-electron chi connectivity index (χ4n) is 1.61. The Labute approximate surface area is 128 Å². The first kappa shape index (κ1) is 17.5. The van der Waals surface area contributed by atoms with Crippen LogP contribution in [0.5, 0.6) is 0 Å². The third kappa shape index (κ3) is 4.76. The summed E-state index contributed by atoms with van der Waals surface area (Å²) in [4.78, 5) is 37.0. The van der Waals surface area contributed by atoms with Crippen LogP contribution >= 0.6 is 0 Å². The zero-order chi connectivity index (χ0) is 16.7. The molecular formula is C15H19NO6. The van der Waals surface area contributed by atoms with E-state index in [1.807, 2.05) is 0 Å². The number of esters is 3. The highest BCUT2D eigenvalue weighted by atomic mass is 16.6. The summed E-state index contributed by atoms with van der Waals surface area (Å²) in [6, 6.07) is 0. The van der Waals surface area contributed by atoms with Crippen LogP contribution in [-0.4, -0.2) is 50.1 Å². The second-order valence-electron chi connectivity index (χ2n) is 4.48. The lowest BCUT2D eigenvalue weighted by molar-refractivity contribution is -0.146. The third-order valence-electron chi connectivity index (χ3n) is 2.42. The number of carbonyl (C=O) groups is 3. The van der Waals surface area contributed by atoms with Crippen LogP contribution in [0.25, 0.3) is 0 Å². The third-order valence-corrected chi connectivity index (χ3v) is 2.42. The van der Waals surface area contributed by atoms with Crippen LogP contribution in [0.15, 0.2) is 35.3 Å². The molecule has 0 spiro atoms. The Bertz CT molecular complexity index is 536. The summed E-state index contributed by atoms with van der Waals surface area (Å²) in [5.41, 5.74) is -0.0165. The Morgan fingerprint density at radius 2 is 1.73 bits per heavy atom.